The fraction of sp³-hybridized carbons (Fsp3) is 0.533. The van der Waals surface area contributed by atoms with Crippen LogP contribution in [0.5, 0.6) is 0 Å². The SMILES string of the molecule is Fc1ccc(N2CCOCC2)c(CNC2=NCCCN2)c1. The third-order valence-corrected chi connectivity index (χ3v) is 3.74. The largest absolute Gasteiger partial charge is 0.378 e. The first kappa shape index (κ1) is 14.1. The van der Waals surface area contributed by atoms with Crippen molar-refractivity contribution < 1.29 is 9.13 Å². The number of nitrogens with zero attached hydrogens (tertiary/aromatic N) is 2. The van der Waals surface area contributed by atoms with Crippen LogP contribution in [0.1, 0.15) is 12.0 Å². The van der Waals surface area contributed by atoms with E-state index < -0.39 is 0 Å². The van der Waals surface area contributed by atoms with Crippen LogP contribution in [0.15, 0.2) is 23.2 Å². The Morgan fingerprint density at radius 1 is 1.33 bits per heavy atom. The molecule has 2 aliphatic rings. The van der Waals surface area contributed by atoms with Gasteiger partial charge in [-0.3, -0.25) is 4.99 Å². The molecule has 0 atom stereocenters. The molecular formula is C15H21FN4O. The molecule has 2 heterocycles. The molecule has 0 saturated carbocycles. The Labute approximate surface area is 124 Å². The maximum Gasteiger partial charge on any atom is 0.191 e. The molecule has 1 saturated heterocycles. The third-order valence-electron chi connectivity index (χ3n) is 3.74. The lowest BCUT2D eigenvalue weighted by Gasteiger charge is -2.31. The normalized spacial score (nSPS) is 18.9. The van der Waals surface area contributed by atoms with Crippen molar-refractivity contribution in [1.29, 1.82) is 0 Å². The molecule has 1 aromatic rings. The number of halogens is 1. The fourth-order valence-electron chi connectivity index (χ4n) is 2.64. The molecule has 0 radical (unpaired) electrons. The Morgan fingerprint density at radius 2 is 2.19 bits per heavy atom. The zero-order chi connectivity index (χ0) is 14.5. The third kappa shape index (κ3) is 3.64. The van der Waals surface area contributed by atoms with E-state index in [1.54, 1.807) is 6.07 Å². The van der Waals surface area contributed by atoms with Crippen LogP contribution in [0.3, 0.4) is 0 Å². The summed E-state index contributed by atoms with van der Waals surface area (Å²) in [7, 11) is 0. The van der Waals surface area contributed by atoms with Crippen molar-refractivity contribution in [3.05, 3.63) is 29.6 Å². The number of benzene rings is 1. The van der Waals surface area contributed by atoms with E-state index in [1.807, 2.05) is 6.07 Å². The number of hydrogen-bond acceptors (Lipinski definition) is 5. The number of aliphatic imine (C=N–C) groups is 1. The fourth-order valence-corrected chi connectivity index (χ4v) is 2.64. The van der Waals surface area contributed by atoms with E-state index in [4.69, 9.17) is 4.74 Å². The molecule has 114 valence electrons. The number of guanidine groups is 1. The lowest BCUT2D eigenvalue weighted by molar-refractivity contribution is 0.122. The van der Waals surface area contributed by atoms with E-state index >= 15 is 0 Å². The van der Waals surface area contributed by atoms with Gasteiger partial charge in [-0.1, -0.05) is 0 Å². The number of rotatable bonds is 3. The van der Waals surface area contributed by atoms with Crippen LogP contribution in [0.25, 0.3) is 0 Å². The summed E-state index contributed by atoms with van der Waals surface area (Å²) in [4.78, 5) is 6.62. The second-order valence-electron chi connectivity index (χ2n) is 5.24. The molecule has 0 amide bonds. The van der Waals surface area contributed by atoms with Gasteiger partial charge in [0.25, 0.3) is 0 Å². The Bertz CT molecular complexity index is 514. The van der Waals surface area contributed by atoms with Crippen molar-refractivity contribution in [1.82, 2.24) is 10.6 Å². The first-order valence-corrected chi connectivity index (χ1v) is 7.46. The Balaban J connectivity index is 1.72. The van der Waals surface area contributed by atoms with Gasteiger partial charge >= 0.3 is 0 Å². The summed E-state index contributed by atoms with van der Waals surface area (Å²) < 4.78 is 18.9. The molecule has 0 aromatic heterocycles. The number of nitrogens with one attached hydrogen (secondary N) is 2. The van der Waals surface area contributed by atoms with Gasteiger partial charge in [0.05, 0.1) is 13.2 Å². The van der Waals surface area contributed by atoms with E-state index in [0.717, 1.165) is 63.0 Å². The summed E-state index contributed by atoms with van der Waals surface area (Å²) in [6, 6.07) is 4.97. The molecule has 0 unspecified atom stereocenters. The smallest absolute Gasteiger partial charge is 0.191 e. The number of morpholine rings is 1. The van der Waals surface area contributed by atoms with Crippen LogP contribution in [0.2, 0.25) is 0 Å². The molecule has 2 aliphatic heterocycles. The number of hydrogen-bond donors (Lipinski definition) is 2. The minimum absolute atomic E-state index is 0.206. The molecule has 3 rings (SSSR count). The highest BCUT2D eigenvalue weighted by atomic mass is 19.1. The average Bonchev–Trinajstić information content (AvgIpc) is 2.55. The summed E-state index contributed by atoms with van der Waals surface area (Å²) in [6.45, 7) is 5.48. The van der Waals surface area contributed by atoms with Crippen LogP contribution >= 0.6 is 0 Å². The van der Waals surface area contributed by atoms with Gasteiger partial charge in [0.15, 0.2) is 5.96 Å². The Kier molecular flexibility index (Phi) is 4.55. The van der Waals surface area contributed by atoms with Crippen LogP contribution in [-0.4, -0.2) is 45.4 Å². The zero-order valence-corrected chi connectivity index (χ0v) is 12.1. The molecule has 21 heavy (non-hydrogen) atoms. The van der Waals surface area contributed by atoms with Crippen molar-refractivity contribution in [2.75, 3.05) is 44.3 Å². The monoisotopic (exact) mass is 292 g/mol. The van der Waals surface area contributed by atoms with Gasteiger partial charge in [0.1, 0.15) is 5.82 Å². The van der Waals surface area contributed by atoms with Gasteiger partial charge in [0, 0.05) is 38.4 Å². The standard InChI is InChI=1S/C15H21FN4O/c16-13-2-3-14(20-6-8-21-9-7-20)12(10-13)11-19-15-17-4-1-5-18-15/h2-3,10H,1,4-9,11H2,(H2,17,18,19). The second kappa shape index (κ2) is 6.76. The topological polar surface area (TPSA) is 48.9 Å². The molecule has 0 spiro atoms. The summed E-state index contributed by atoms with van der Waals surface area (Å²) in [5, 5.41) is 6.47. The Hall–Kier alpha value is -1.82. The highest BCUT2D eigenvalue weighted by molar-refractivity contribution is 5.80. The van der Waals surface area contributed by atoms with Gasteiger partial charge in [-0.15, -0.1) is 0 Å². The molecule has 1 fully saturated rings. The maximum absolute atomic E-state index is 13.6. The van der Waals surface area contributed by atoms with Crippen molar-refractivity contribution in [2.45, 2.75) is 13.0 Å². The number of anilines is 1. The molecule has 5 nitrogen and oxygen atoms in total. The van der Waals surface area contributed by atoms with Crippen LogP contribution in [0, 0.1) is 5.82 Å². The van der Waals surface area contributed by atoms with Crippen LogP contribution < -0.4 is 15.5 Å². The van der Waals surface area contributed by atoms with Crippen molar-refractivity contribution >= 4 is 11.6 Å². The van der Waals surface area contributed by atoms with E-state index in [9.17, 15) is 4.39 Å². The van der Waals surface area contributed by atoms with Crippen molar-refractivity contribution in [3.63, 3.8) is 0 Å². The summed E-state index contributed by atoms with van der Waals surface area (Å²) in [5.41, 5.74) is 2.02. The van der Waals surface area contributed by atoms with E-state index in [1.165, 1.54) is 6.07 Å². The first-order valence-electron chi connectivity index (χ1n) is 7.46. The maximum atomic E-state index is 13.6. The summed E-state index contributed by atoms with van der Waals surface area (Å²) in [5.74, 6) is 0.598. The van der Waals surface area contributed by atoms with Gasteiger partial charge in [-0.25, -0.2) is 4.39 Å². The minimum atomic E-state index is -0.206. The van der Waals surface area contributed by atoms with Gasteiger partial charge < -0.3 is 20.3 Å². The van der Waals surface area contributed by atoms with E-state index in [0.29, 0.717) is 6.54 Å². The van der Waals surface area contributed by atoms with E-state index in [-0.39, 0.29) is 5.82 Å². The molecule has 1 aromatic carbocycles. The van der Waals surface area contributed by atoms with Crippen LogP contribution in [-0.2, 0) is 11.3 Å². The first-order chi connectivity index (χ1) is 10.3. The molecular weight excluding hydrogens is 271 g/mol. The van der Waals surface area contributed by atoms with Gasteiger partial charge in [-0.05, 0) is 30.2 Å². The molecule has 2 N–H and O–H groups in total. The molecule has 6 heteroatoms. The van der Waals surface area contributed by atoms with E-state index in [2.05, 4.69) is 20.5 Å². The molecule has 0 aliphatic carbocycles. The van der Waals surface area contributed by atoms with Crippen molar-refractivity contribution in [2.24, 2.45) is 4.99 Å². The summed E-state index contributed by atoms with van der Waals surface area (Å²) >= 11 is 0. The van der Waals surface area contributed by atoms with Gasteiger partial charge in [-0.2, -0.15) is 0 Å². The zero-order valence-electron chi connectivity index (χ0n) is 12.1. The highest BCUT2D eigenvalue weighted by Gasteiger charge is 2.15. The predicted molar refractivity (Wildman–Crippen MR) is 81.2 cm³/mol. The number of ether oxygens (including phenoxy) is 1. The lowest BCUT2D eigenvalue weighted by atomic mass is 10.1. The van der Waals surface area contributed by atoms with Crippen LogP contribution in [0.4, 0.5) is 10.1 Å². The quantitative estimate of drug-likeness (QED) is 0.876. The minimum Gasteiger partial charge on any atom is -0.378 e. The summed E-state index contributed by atoms with van der Waals surface area (Å²) in [6.07, 6.45) is 1.06. The molecule has 0 bridgehead atoms. The van der Waals surface area contributed by atoms with Gasteiger partial charge in [0.2, 0.25) is 0 Å². The predicted octanol–water partition coefficient (Wildman–Crippen LogP) is 1.10. The second-order valence-corrected chi connectivity index (χ2v) is 5.24. The van der Waals surface area contributed by atoms with Crippen molar-refractivity contribution in [3.8, 4) is 0 Å². The highest BCUT2D eigenvalue weighted by Crippen LogP contribution is 2.22. The lowest BCUT2D eigenvalue weighted by Crippen LogP contribution is -2.41. The Morgan fingerprint density at radius 3 is 2.95 bits per heavy atom. The average molecular weight is 292 g/mol.